The standard InChI is InChI=1S/C12H15F2NO2/c1-8-3-4-10(11(15-8)16-2)17-7-9-5-12(13,14)6-9/h3-4,9H,5-7H2,1-2H3. The van der Waals surface area contributed by atoms with Gasteiger partial charge in [-0.3, -0.25) is 0 Å². The number of alkyl halides is 2. The molecule has 1 heterocycles. The second-order valence-electron chi connectivity index (χ2n) is 4.40. The molecule has 0 amide bonds. The van der Waals surface area contributed by atoms with Crippen LogP contribution in [0.5, 0.6) is 11.6 Å². The van der Waals surface area contributed by atoms with E-state index in [2.05, 4.69) is 4.98 Å². The zero-order chi connectivity index (χ0) is 12.5. The number of methoxy groups -OCH3 is 1. The molecule has 2 rings (SSSR count). The molecule has 0 bridgehead atoms. The summed E-state index contributed by atoms with van der Waals surface area (Å²) in [6.07, 6.45) is -0.177. The summed E-state index contributed by atoms with van der Waals surface area (Å²) in [5.74, 6) is -1.66. The van der Waals surface area contributed by atoms with Gasteiger partial charge in [0.1, 0.15) is 0 Å². The minimum atomic E-state index is -2.50. The summed E-state index contributed by atoms with van der Waals surface area (Å²) >= 11 is 0. The third-order valence-corrected chi connectivity index (χ3v) is 2.81. The zero-order valence-corrected chi connectivity index (χ0v) is 9.87. The van der Waals surface area contributed by atoms with Crippen molar-refractivity contribution in [3.63, 3.8) is 0 Å². The highest BCUT2D eigenvalue weighted by molar-refractivity contribution is 5.34. The molecular weight excluding hydrogens is 228 g/mol. The van der Waals surface area contributed by atoms with Crippen molar-refractivity contribution in [2.75, 3.05) is 13.7 Å². The first-order valence-corrected chi connectivity index (χ1v) is 5.52. The van der Waals surface area contributed by atoms with Gasteiger partial charge in [-0.15, -0.1) is 0 Å². The van der Waals surface area contributed by atoms with E-state index in [0.29, 0.717) is 11.6 Å². The quantitative estimate of drug-likeness (QED) is 0.814. The van der Waals surface area contributed by atoms with Gasteiger partial charge in [0.05, 0.1) is 13.7 Å². The van der Waals surface area contributed by atoms with Crippen LogP contribution in [0.15, 0.2) is 12.1 Å². The average Bonchev–Trinajstić information content (AvgIpc) is 2.24. The molecule has 0 N–H and O–H groups in total. The molecule has 1 aromatic rings. The fourth-order valence-corrected chi connectivity index (χ4v) is 1.89. The molecule has 1 aromatic heterocycles. The molecule has 94 valence electrons. The third kappa shape index (κ3) is 2.84. The number of halogens is 2. The Labute approximate surface area is 98.8 Å². The summed E-state index contributed by atoms with van der Waals surface area (Å²) in [4.78, 5) is 4.15. The fourth-order valence-electron chi connectivity index (χ4n) is 1.89. The van der Waals surface area contributed by atoms with Crippen LogP contribution in [-0.4, -0.2) is 24.6 Å². The average molecular weight is 243 g/mol. The zero-order valence-electron chi connectivity index (χ0n) is 9.87. The van der Waals surface area contributed by atoms with Crippen molar-refractivity contribution < 1.29 is 18.3 Å². The van der Waals surface area contributed by atoms with Gasteiger partial charge in [0, 0.05) is 24.5 Å². The number of aryl methyl sites for hydroxylation is 1. The smallest absolute Gasteiger partial charge is 0.256 e. The van der Waals surface area contributed by atoms with E-state index in [1.165, 1.54) is 7.11 Å². The van der Waals surface area contributed by atoms with Crippen molar-refractivity contribution in [1.82, 2.24) is 4.98 Å². The third-order valence-electron chi connectivity index (χ3n) is 2.81. The predicted octanol–water partition coefficient (Wildman–Crippen LogP) is 2.82. The lowest BCUT2D eigenvalue weighted by Gasteiger charge is -2.34. The highest BCUT2D eigenvalue weighted by atomic mass is 19.3. The first-order valence-electron chi connectivity index (χ1n) is 5.52. The van der Waals surface area contributed by atoms with Crippen molar-refractivity contribution in [2.24, 2.45) is 5.92 Å². The summed E-state index contributed by atoms with van der Waals surface area (Å²) in [5, 5.41) is 0. The van der Waals surface area contributed by atoms with Gasteiger partial charge in [-0.1, -0.05) is 0 Å². The molecule has 1 saturated carbocycles. The molecule has 1 aliphatic rings. The lowest BCUT2D eigenvalue weighted by Crippen LogP contribution is -2.38. The minimum absolute atomic E-state index is 0.0731. The molecule has 1 aliphatic carbocycles. The van der Waals surface area contributed by atoms with Gasteiger partial charge in [-0.25, -0.2) is 13.8 Å². The van der Waals surface area contributed by atoms with Crippen LogP contribution in [-0.2, 0) is 0 Å². The van der Waals surface area contributed by atoms with Crippen molar-refractivity contribution in [2.45, 2.75) is 25.7 Å². The predicted molar refractivity (Wildman–Crippen MR) is 58.7 cm³/mol. The Bertz CT molecular complexity index is 401. The Hall–Kier alpha value is -1.39. The first kappa shape index (κ1) is 12.1. The molecule has 0 unspecified atom stereocenters. The minimum Gasteiger partial charge on any atom is -0.488 e. The van der Waals surface area contributed by atoms with Gasteiger partial charge >= 0.3 is 0 Å². The van der Waals surface area contributed by atoms with Crippen LogP contribution in [0, 0.1) is 12.8 Å². The van der Waals surface area contributed by atoms with E-state index in [0.717, 1.165) is 5.69 Å². The van der Waals surface area contributed by atoms with Crippen LogP contribution in [0.4, 0.5) is 8.78 Å². The van der Waals surface area contributed by atoms with Crippen molar-refractivity contribution >= 4 is 0 Å². The maximum Gasteiger partial charge on any atom is 0.256 e. The largest absolute Gasteiger partial charge is 0.488 e. The Balaban J connectivity index is 1.91. The highest BCUT2D eigenvalue weighted by Crippen LogP contribution is 2.42. The lowest BCUT2D eigenvalue weighted by molar-refractivity contribution is -0.119. The summed E-state index contributed by atoms with van der Waals surface area (Å²) in [6.45, 7) is 2.13. The first-order chi connectivity index (χ1) is 8.00. The second kappa shape index (κ2) is 4.47. The van der Waals surface area contributed by atoms with Crippen LogP contribution in [0.25, 0.3) is 0 Å². The topological polar surface area (TPSA) is 31.4 Å². The second-order valence-corrected chi connectivity index (χ2v) is 4.40. The van der Waals surface area contributed by atoms with Crippen molar-refractivity contribution in [3.8, 4) is 11.6 Å². The molecule has 0 saturated heterocycles. The Morgan fingerprint density at radius 1 is 1.41 bits per heavy atom. The number of nitrogens with zero attached hydrogens (tertiary/aromatic N) is 1. The van der Waals surface area contributed by atoms with Gasteiger partial charge in [0.25, 0.3) is 5.88 Å². The molecule has 17 heavy (non-hydrogen) atoms. The van der Waals surface area contributed by atoms with Gasteiger partial charge in [0.2, 0.25) is 5.92 Å². The van der Waals surface area contributed by atoms with Crippen LogP contribution in [0.2, 0.25) is 0 Å². The van der Waals surface area contributed by atoms with E-state index in [-0.39, 0.29) is 25.4 Å². The normalized spacial score (nSPS) is 18.6. The monoisotopic (exact) mass is 243 g/mol. The molecule has 0 radical (unpaired) electrons. The lowest BCUT2D eigenvalue weighted by atomic mass is 9.82. The van der Waals surface area contributed by atoms with E-state index >= 15 is 0 Å². The summed E-state index contributed by atoms with van der Waals surface area (Å²) in [6, 6.07) is 3.55. The number of pyridine rings is 1. The number of hydrogen-bond acceptors (Lipinski definition) is 3. The van der Waals surface area contributed by atoms with Gasteiger partial charge in [0.15, 0.2) is 5.75 Å². The number of hydrogen-bond donors (Lipinski definition) is 0. The van der Waals surface area contributed by atoms with Gasteiger partial charge in [-0.2, -0.15) is 0 Å². The molecule has 5 heteroatoms. The van der Waals surface area contributed by atoms with Crippen LogP contribution >= 0.6 is 0 Å². The molecule has 0 spiro atoms. The van der Waals surface area contributed by atoms with Crippen LogP contribution in [0.1, 0.15) is 18.5 Å². The SMILES string of the molecule is COc1nc(C)ccc1OCC1CC(F)(F)C1. The molecule has 1 fully saturated rings. The number of ether oxygens (including phenoxy) is 2. The van der Waals surface area contributed by atoms with E-state index in [9.17, 15) is 8.78 Å². The van der Waals surface area contributed by atoms with Crippen molar-refractivity contribution in [3.05, 3.63) is 17.8 Å². The molecule has 3 nitrogen and oxygen atoms in total. The van der Waals surface area contributed by atoms with E-state index in [1.807, 2.05) is 6.92 Å². The molecule has 0 aromatic carbocycles. The van der Waals surface area contributed by atoms with E-state index in [4.69, 9.17) is 9.47 Å². The van der Waals surface area contributed by atoms with Gasteiger partial charge < -0.3 is 9.47 Å². The Morgan fingerprint density at radius 2 is 2.12 bits per heavy atom. The summed E-state index contributed by atoms with van der Waals surface area (Å²) in [7, 11) is 1.51. The van der Waals surface area contributed by atoms with Crippen LogP contribution in [0.3, 0.4) is 0 Å². The van der Waals surface area contributed by atoms with Crippen LogP contribution < -0.4 is 9.47 Å². The summed E-state index contributed by atoms with van der Waals surface area (Å²) < 4.78 is 35.8. The number of rotatable bonds is 4. The molecule has 0 atom stereocenters. The summed E-state index contributed by atoms with van der Waals surface area (Å²) in [5.41, 5.74) is 0.823. The van der Waals surface area contributed by atoms with E-state index < -0.39 is 5.92 Å². The molecule has 0 aliphatic heterocycles. The maximum atomic E-state index is 12.6. The molecular formula is C12H15F2NO2. The highest BCUT2D eigenvalue weighted by Gasteiger charge is 2.45. The van der Waals surface area contributed by atoms with Gasteiger partial charge in [-0.05, 0) is 19.1 Å². The number of aromatic nitrogens is 1. The Kier molecular flexibility index (Phi) is 3.17. The maximum absolute atomic E-state index is 12.6. The van der Waals surface area contributed by atoms with Crippen molar-refractivity contribution in [1.29, 1.82) is 0 Å². The van der Waals surface area contributed by atoms with E-state index in [1.54, 1.807) is 12.1 Å². The Morgan fingerprint density at radius 3 is 2.71 bits per heavy atom. The fraction of sp³-hybridized carbons (Fsp3) is 0.583.